The van der Waals surface area contributed by atoms with Gasteiger partial charge >= 0.3 is 0 Å². The smallest absolute Gasteiger partial charge is 0.0731 e. The van der Waals surface area contributed by atoms with Gasteiger partial charge in [0.05, 0.1) is 11.2 Å². The van der Waals surface area contributed by atoms with E-state index in [0.717, 1.165) is 6.42 Å². The predicted molar refractivity (Wildman–Crippen MR) is 62.8 cm³/mol. The second-order valence-electron chi connectivity index (χ2n) is 4.00. The van der Waals surface area contributed by atoms with E-state index in [-0.39, 0.29) is 0 Å². The fourth-order valence-corrected chi connectivity index (χ4v) is 1.99. The number of nitrogens with two attached hydrogens (primary N) is 1. The molecule has 1 aromatic carbocycles. The average molecular weight is 203 g/mol. The summed E-state index contributed by atoms with van der Waals surface area (Å²) in [4.78, 5) is 0. The summed E-state index contributed by atoms with van der Waals surface area (Å²) in [6.45, 7) is 2.90. The van der Waals surface area contributed by atoms with Gasteiger partial charge in [0.15, 0.2) is 0 Å². The van der Waals surface area contributed by atoms with Crippen molar-refractivity contribution in [2.24, 2.45) is 12.8 Å². The Balaban J connectivity index is 2.52. The first-order valence-electron chi connectivity index (χ1n) is 5.35. The number of benzene rings is 1. The molecule has 0 spiro atoms. The van der Waals surface area contributed by atoms with Gasteiger partial charge in [0.1, 0.15) is 0 Å². The first-order valence-corrected chi connectivity index (χ1v) is 5.35. The van der Waals surface area contributed by atoms with Crippen LogP contribution in [0.1, 0.15) is 25.0 Å². The van der Waals surface area contributed by atoms with Crippen molar-refractivity contribution in [3.8, 4) is 0 Å². The van der Waals surface area contributed by atoms with Crippen molar-refractivity contribution in [3.05, 3.63) is 30.0 Å². The number of fused-ring (bicyclic) bond motifs is 1. The monoisotopic (exact) mass is 203 g/mol. The highest BCUT2D eigenvalue weighted by atomic mass is 15.3. The van der Waals surface area contributed by atoms with Crippen LogP contribution >= 0.6 is 0 Å². The minimum absolute atomic E-state index is 0.432. The van der Waals surface area contributed by atoms with Crippen LogP contribution < -0.4 is 5.73 Å². The molecule has 2 N–H and O–H groups in total. The molecular weight excluding hydrogens is 186 g/mol. The molecule has 0 aliphatic heterocycles. The standard InChI is InChI=1S/C12H17N3/c1-9(7-8-13)12-10-5-3-4-6-11(10)15(2)14-12/h3-6,9H,7-8,13H2,1-2H3. The zero-order valence-corrected chi connectivity index (χ0v) is 9.27. The summed E-state index contributed by atoms with van der Waals surface area (Å²) in [7, 11) is 1.99. The largest absolute Gasteiger partial charge is 0.330 e. The van der Waals surface area contributed by atoms with E-state index in [1.54, 1.807) is 0 Å². The first-order chi connectivity index (χ1) is 7.24. The van der Waals surface area contributed by atoms with Crippen molar-refractivity contribution in [2.45, 2.75) is 19.3 Å². The van der Waals surface area contributed by atoms with Crippen LogP contribution in [0.4, 0.5) is 0 Å². The number of hydrogen-bond acceptors (Lipinski definition) is 2. The molecule has 2 rings (SSSR count). The number of hydrogen-bond donors (Lipinski definition) is 1. The SMILES string of the molecule is CC(CCN)c1nn(C)c2ccccc12. The van der Waals surface area contributed by atoms with E-state index in [1.165, 1.54) is 16.6 Å². The highest BCUT2D eigenvalue weighted by Gasteiger charge is 2.13. The molecule has 0 saturated carbocycles. The molecule has 0 aliphatic rings. The first kappa shape index (κ1) is 10.2. The third kappa shape index (κ3) is 1.75. The van der Waals surface area contributed by atoms with E-state index in [9.17, 15) is 0 Å². The Labute approximate surface area is 89.9 Å². The van der Waals surface area contributed by atoms with Crippen LogP contribution in [0.5, 0.6) is 0 Å². The molecule has 0 aliphatic carbocycles. The maximum atomic E-state index is 5.58. The highest BCUT2D eigenvalue weighted by Crippen LogP contribution is 2.25. The molecule has 2 aromatic rings. The molecule has 0 amide bonds. The van der Waals surface area contributed by atoms with Gasteiger partial charge in [0, 0.05) is 18.4 Å². The van der Waals surface area contributed by atoms with Gasteiger partial charge in [-0.2, -0.15) is 5.10 Å². The predicted octanol–water partition coefficient (Wildman–Crippen LogP) is 2.03. The van der Waals surface area contributed by atoms with E-state index in [2.05, 4.69) is 30.2 Å². The number of nitrogens with zero attached hydrogens (tertiary/aromatic N) is 2. The van der Waals surface area contributed by atoms with Gasteiger partial charge in [-0.15, -0.1) is 0 Å². The molecule has 0 bridgehead atoms. The van der Waals surface area contributed by atoms with E-state index in [0.29, 0.717) is 12.5 Å². The summed E-state index contributed by atoms with van der Waals surface area (Å²) in [5, 5.41) is 5.82. The van der Waals surface area contributed by atoms with Gasteiger partial charge in [-0.3, -0.25) is 4.68 Å². The maximum Gasteiger partial charge on any atom is 0.0731 e. The Hall–Kier alpha value is -1.35. The Morgan fingerprint density at radius 2 is 2.13 bits per heavy atom. The van der Waals surface area contributed by atoms with Crippen molar-refractivity contribution in [1.29, 1.82) is 0 Å². The van der Waals surface area contributed by atoms with E-state index in [4.69, 9.17) is 5.73 Å². The molecule has 1 atom stereocenters. The Morgan fingerprint density at radius 1 is 1.40 bits per heavy atom. The number of rotatable bonds is 3. The fourth-order valence-electron chi connectivity index (χ4n) is 1.99. The summed E-state index contributed by atoms with van der Waals surface area (Å²) in [6, 6.07) is 8.33. The minimum Gasteiger partial charge on any atom is -0.330 e. The van der Waals surface area contributed by atoms with Crippen LogP contribution in [-0.2, 0) is 7.05 Å². The molecule has 1 heterocycles. The lowest BCUT2D eigenvalue weighted by Crippen LogP contribution is -2.05. The van der Waals surface area contributed by atoms with Crippen LogP contribution in [0.2, 0.25) is 0 Å². The van der Waals surface area contributed by atoms with Gasteiger partial charge in [0.25, 0.3) is 0 Å². The second-order valence-corrected chi connectivity index (χ2v) is 4.00. The van der Waals surface area contributed by atoms with Crippen molar-refractivity contribution in [2.75, 3.05) is 6.54 Å². The number of para-hydroxylation sites is 1. The topological polar surface area (TPSA) is 43.8 Å². The van der Waals surface area contributed by atoms with Crippen LogP contribution in [0.15, 0.2) is 24.3 Å². The van der Waals surface area contributed by atoms with E-state index < -0.39 is 0 Å². The summed E-state index contributed by atoms with van der Waals surface area (Å²) in [6.07, 6.45) is 0.987. The number of aryl methyl sites for hydroxylation is 1. The van der Waals surface area contributed by atoms with Gasteiger partial charge in [-0.25, -0.2) is 0 Å². The lowest BCUT2D eigenvalue weighted by atomic mass is 10.0. The van der Waals surface area contributed by atoms with E-state index >= 15 is 0 Å². The fraction of sp³-hybridized carbons (Fsp3) is 0.417. The van der Waals surface area contributed by atoms with Crippen LogP contribution in [0.3, 0.4) is 0 Å². The van der Waals surface area contributed by atoms with Crippen LogP contribution in [-0.4, -0.2) is 16.3 Å². The lowest BCUT2D eigenvalue weighted by molar-refractivity contribution is 0.648. The van der Waals surface area contributed by atoms with Crippen LogP contribution in [0, 0.1) is 0 Å². The molecule has 0 fully saturated rings. The summed E-state index contributed by atoms with van der Waals surface area (Å²) in [5.41, 5.74) is 7.94. The molecule has 1 unspecified atom stereocenters. The molecule has 1 aromatic heterocycles. The summed E-state index contributed by atoms with van der Waals surface area (Å²) >= 11 is 0. The summed E-state index contributed by atoms with van der Waals surface area (Å²) in [5.74, 6) is 0.432. The molecular formula is C12H17N3. The highest BCUT2D eigenvalue weighted by molar-refractivity contribution is 5.82. The molecule has 80 valence electrons. The van der Waals surface area contributed by atoms with Gasteiger partial charge in [-0.1, -0.05) is 25.1 Å². The minimum atomic E-state index is 0.432. The van der Waals surface area contributed by atoms with Crippen molar-refractivity contribution < 1.29 is 0 Å². The Kier molecular flexibility index (Phi) is 2.73. The lowest BCUT2D eigenvalue weighted by Gasteiger charge is -2.06. The molecule has 15 heavy (non-hydrogen) atoms. The molecule has 3 nitrogen and oxygen atoms in total. The maximum absolute atomic E-state index is 5.58. The molecule has 3 heteroatoms. The Bertz CT molecular complexity index is 459. The van der Waals surface area contributed by atoms with E-state index in [1.807, 2.05) is 17.8 Å². The zero-order chi connectivity index (χ0) is 10.8. The third-order valence-electron chi connectivity index (χ3n) is 2.85. The van der Waals surface area contributed by atoms with Crippen molar-refractivity contribution in [1.82, 2.24) is 9.78 Å². The molecule has 0 saturated heterocycles. The van der Waals surface area contributed by atoms with Crippen molar-refractivity contribution in [3.63, 3.8) is 0 Å². The third-order valence-corrected chi connectivity index (χ3v) is 2.85. The quantitative estimate of drug-likeness (QED) is 0.829. The average Bonchev–Trinajstić information content (AvgIpc) is 2.58. The van der Waals surface area contributed by atoms with Gasteiger partial charge in [-0.05, 0) is 19.0 Å². The van der Waals surface area contributed by atoms with Crippen molar-refractivity contribution >= 4 is 10.9 Å². The van der Waals surface area contributed by atoms with Crippen LogP contribution in [0.25, 0.3) is 10.9 Å². The number of aromatic nitrogens is 2. The second kappa shape index (κ2) is 4.03. The summed E-state index contributed by atoms with van der Waals surface area (Å²) < 4.78 is 1.94. The zero-order valence-electron chi connectivity index (χ0n) is 9.27. The van der Waals surface area contributed by atoms with Gasteiger partial charge in [0.2, 0.25) is 0 Å². The normalized spacial score (nSPS) is 13.3. The van der Waals surface area contributed by atoms with Gasteiger partial charge < -0.3 is 5.73 Å². The Morgan fingerprint density at radius 3 is 2.87 bits per heavy atom. The molecule has 0 radical (unpaired) electrons.